The molecule has 0 spiro atoms. The molecular formula is C4H20N10. The van der Waals surface area contributed by atoms with Crippen LogP contribution in [0.1, 0.15) is 0 Å². The third-order valence-corrected chi connectivity index (χ3v) is 1.27. The van der Waals surface area contributed by atoms with Gasteiger partial charge in [-0.2, -0.15) is 5.53 Å². The third kappa shape index (κ3) is 7.05. The van der Waals surface area contributed by atoms with Gasteiger partial charge in [-0.05, 0) is 0 Å². The summed E-state index contributed by atoms with van der Waals surface area (Å²) in [5.74, 6) is 10.6. The maximum absolute atomic E-state index is 5.44. The molecule has 0 aliphatic carbocycles. The molecule has 86 valence electrons. The number of nitrogens with zero attached hydrogens (tertiary/aromatic N) is 2. The van der Waals surface area contributed by atoms with E-state index < -0.39 is 0 Å². The molecule has 10 nitrogen and oxygen atoms in total. The molecule has 0 aliphatic rings. The summed E-state index contributed by atoms with van der Waals surface area (Å²) in [6.45, 7) is 1.43. The van der Waals surface area contributed by atoms with Gasteiger partial charge in [0.2, 0.25) is 0 Å². The van der Waals surface area contributed by atoms with Crippen molar-refractivity contribution < 1.29 is 0 Å². The molecule has 0 radical (unpaired) electrons. The Bertz CT molecular complexity index is 111. The minimum Gasteiger partial charge on any atom is -0.317 e. The second-order valence-corrected chi connectivity index (χ2v) is 2.29. The van der Waals surface area contributed by atoms with Crippen molar-refractivity contribution in [1.29, 1.82) is 0 Å². The van der Waals surface area contributed by atoms with Crippen LogP contribution in [0.25, 0.3) is 0 Å². The molecule has 0 amide bonds. The van der Waals surface area contributed by atoms with Gasteiger partial charge in [0.1, 0.15) is 0 Å². The lowest BCUT2D eigenvalue weighted by molar-refractivity contribution is -0.0526. The Hall–Kier alpha value is -0.400. The van der Waals surface area contributed by atoms with Crippen molar-refractivity contribution >= 4 is 0 Å². The van der Waals surface area contributed by atoms with Gasteiger partial charge in [-0.15, -0.1) is 10.7 Å². The van der Waals surface area contributed by atoms with Gasteiger partial charge in [0, 0.05) is 20.1 Å². The van der Waals surface area contributed by atoms with E-state index in [4.69, 9.17) is 17.4 Å². The van der Waals surface area contributed by atoms with Crippen molar-refractivity contribution in [3.63, 3.8) is 0 Å². The second kappa shape index (κ2) is 9.17. The van der Waals surface area contributed by atoms with Crippen LogP contribution in [0.3, 0.4) is 0 Å². The number of hydrazine groups is 7. The van der Waals surface area contributed by atoms with Crippen LogP contribution in [0, 0.1) is 0 Å². The van der Waals surface area contributed by atoms with Crippen molar-refractivity contribution in [1.82, 2.24) is 37.7 Å². The monoisotopic (exact) mass is 208 g/mol. The molecule has 0 rings (SSSR count). The summed E-state index contributed by atoms with van der Waals surface area (Å²) in [5, 5.41) is 2.73. The van der Waals surface area contributed by atoms with Gasteiger partial charge in [0.25, 0.3) is 0 Å². The quantitative estimate of drug-likeness (QED) is 0.106. The first-order valence-electron chi connectivity index (χ1n) is 4.12. The van der Waals surface area contributed by atoms with E-state index in [0.29, 0.717) is 19.8 Å². The van der Waals surface area contributed by atoms with Crippen LogP contribution in [0.5, 0.6) is 0 Å². The number of nitrogens with two attached hydrogens (primary N) is 3. The molecule has 0 bridgehead atoms. The lowest BCUT2D eigenvalue weighted by atomic mass is 10.7. The lowest BCUT2D eigenvalue weighted by Crippen LogP contribution is -2.65. The highest BCUT2D eigenvalue weighted by Gasteiger charge is 2.04. The molecule has 10 heteroatoms. The molecule has 0 heterocycles. The van der Waals surface area contributed by atoms with Crippen LogP contribution in [0.2, 0.25) is 0 Å². The van der Waals surface area contributed by atoms with E-state index in [1.807, 2.05) is 0 Å². The Kier molecular flexibility index (Phi) is 8.90. The molecule has 0 atom stereocenters. The van der Waals surface area contributed by atoms with E-state index in [1.54, 1.807) is 12.2 Å². The molecule has 0 fully saturated rings. The van der Waals surface area contributed by atoms with Crippen LogP contribution in [-0.4, -0.2) is 37.2 Å². The number of nitrogens with one attached hydrogen (secondary N) is 5. The minimum atomic E-state index is 0.290. The molecule has 0 aliphatic heterocycles. The fraction of sp³-hybridized carbons (Fsp3) is 1.00. The fourth-order valence-electron chi connectivity index (χ4n) is 0.628. The van der Waals surface area contributed by atoms with Gasteiger partial charge >= 0.3 is 0 Å². The zero-order valence-electron chi connectivity index (χ0n) is 8.25. The van der Waals surface area contributed by atoms with Crippen LogP contribution in [0.4, 0.5) is 0 Å². The molecule has 0 saturated carbocycles. The normalized spacial score (nSPS) is 11.6. The van der Waals surface area contributed by atoms with E-state index in [0.717, 1.165) is 0 Å². The van der Waals surface area contributed by atoms with Crippen molar-refractivity contribution in [3.05, 3.63) is 0 Å². The van der Waals surface area contributed by atoms with Crippen molar-refractivity contribution in [3.8, 4) is 0 Å². The molecule has 0 saturated heterocycles. The van der Waals surface area contributed by atoms with Gasteiger partial charge in [-0.1, -0.05) is 5.23 Å². The molecular weight excluding hydrogens is 188 g/mol. The number of hydrogen-bond acceptors (Lipinski definition) is 10. The van der Waals surface area contributed by atoms with Crippen molar-refractivity contribution in [2.75, 3.05) is 26.8 Å². The standard InChI is InChI=1S/C4H20N10/c1-8-14(7)12-13(3-2-9-6)11-10-4-5/h8-12H,2-7H2,1H3. The molecule has 0 aromatic rings. The first-order valence-corrected chi connectivity index (χ1v) is 4.12. The first kappa shape index (κ1) is 13.6. The topological polar surface area (TPSA) is 145 Å². The Labute approximate surface area is 82.9 Å². The molecule has 14 heavy (non-hydrogen) atoms. The maximum atomic E-state index is 5.44. The van der Waals surface area contributed by atoms with Gasteiger partial charge in [0.15, 0.2) is 0 Å². The number of hydrogen-bond donors (Lipinski definition) is 8. The molecule has 11 N–H and O–H groups in total. The summed E-state index contributed by atoms with van der Waals surface area (Å²) in [4.78, 5) is 0. The fourth-order valence-corrected chi connectivity index (χ4v) is 0.628. The van der Waals surface area contributed by atoms with Gasteiger partial charge in [-0.3, -0.25) is 11.3 Å². The Morgan fingerprint density at radius 3 is 2.57 bits per heavy atom. The van der Waals surface area contributed by atoms with Crippen molar-refractivity contribution in [2.24, 2.45) is 17.4 Å². The van der Waals surface area contributed by atoms with E-state index in [1.165, 1.54) is 5.23 Å². The largest absolute Gasteiger partial charge is 0.317 e. The van der Waals surface area contributed by atoms with E-state index in [9.17, 15) is 0 Å². The predicted octanol–water partition coefficient (Wildman–Crippen LogP) is -4.59. The highest BCUT2D eigenvalue weighted by molar-refractivity contribution is 4.43. The van der Waals surface area contributed by atoms with Crippen LogP contribution in [0.15, 0.2) is 0 Å². The zero-order chi connectivity index (χ0) is 10.8. The van der Waals surface area contributed by atoms with Gasteiger partial charge < -0.3 is 5.73 Å². The van der Waals surface area contributed by atoms with Crippen LogP contribution < -0.4 is 44.8 Å². The third-order valence-electron chi connectivity index (χ3n) is 1.27. The minimum absolute atomic E-state index is 0.290. The molecule has 0 unspecified atom stereocenters. The van der Waals surface area contributed by atoms with Crippen LogP contribution in [-0.2, 0) is 0 Å². The van der Waals surface area contributed by atoms with E-state index >= 15 is 0 Å². The van der Waals surface area contributed by atoms with Crippen LogP contribution >= 0.6 is 0 Å². The second-order valence-electron chi connectivity index (χ2n) is 2.29. The maximum Gasteiger partial charge on any atom is 0.0578 e. The van der Waals surface area contributed by atoms with Crippen molar-refractivity contribution in [2.45, 2.75) is 0 Å². The van der Waals surface area contributed by atoms with Gasteiger partial charge in [-0.25, -0.2) is 16.7 Å². The Balaban J connectivity index is 3.71. The first-order chi connectivity index (χ1) is 6.74. The Morgan fingerprint density at radius 2 is 2.07 bits per heavy atom. The average Bonchev–Trinajstić information content (AvgIpc) is 2.21. The Morgan fingerprint density at radius 1 is 1.36 bits per heavy atom. The summed E-state index contributed by atoms with van der Waals surface area (Å²) in [6, 6.07) is 0. The molecule has 0 aromatic carbocycles. The predicted molar refractivity (Wildman–Crippen MR) is 52.4 cm³/mol. The smallest absolute Gasteiger partial charge is 0.0578 e. The van der Waals surface area contributed by atoms with E-state index in [2.05, 4.69) is 27.3 Å². The summed E-state index contributed by atoms with van der Waals surface area (Å²) >= 11 is 0. The SMILES string of the molecule is CNN(N)NN(CCNN)NNCN. The van der Waals surface area contributed by atoms with Gasteiger partial charge in [0.05, 0.1) is 6.67 Å². The lowest BCUT2D eigenvalue weighted by Gasteiger charge is -2.27. The zero-order valence-corrected chi connectivity index (χ0v) is 8.25. The summed E-state index contributed by atoms with van der Waals surface area (Å²) < 4.78 is 0. The van der Waals surface area contributed by atoms with E-state index in [-0.39, 0.29) is 0 Å². The number of rotatable bonds is 9. The highest BCUT2D eigenvalue weighted by Crippen LogP contribution is 1.71. The summed E-state index contributed by atoms with van der Waals surface area (Å²) in [5.41, 5.74) is 18.6. The summed E-state index contributed by atoms with van der Waals surface area (Å²) in [7, 11) is 1.67. The average molecular weight is 208 g/mol. The molecule has 0 aromatic heterocycles. The summed E-state index contributed by atoms with van der Waals surface area (Å²) in [6.07, 6.45) is 0. The highest BCUT2D eigenvalue weighted by atomic mass is 16.0.